The number of phenols is 1. The third kappa shape index (κ3) is 1.79. The van der Waals surface area contributed by atoms with Gasteiger partial charge in [0.25, 0.3) is 0 Å². The van der Waals surface area contributed by atoms with Gasteiger partial charge in [-0.05, 0) is 31.5 Å². The lowest BCUT2D eigenvalue weighted by molar-refractivity contribution is 0.319. The molecule has 0 aliphatic carbocycles. The normalized spacial score (nSPS) is 11.5. The van der Waals surface area contributed by atoms with Crippen LogP contribution in [0.15, 0.2) is 17.3 Å². The first-order valence-corrected chi connectivity index (χ1v) is 4.16. The first kappa shape index (κ1) is 10.4. The van der Waals surface area contributed by atoms with Gasteiger partial charge in [-0.3, -0.25) is 0 Å². The largest absolute Gasteiger partial charge is 0.504 e. The van der Waals surface area contributed by atoms with Crippen molar-refractivity contribution < 1.29 is 15.1 Å². The van der Waals surface area contributed by atoms with Crippen molar-refractivity contribution in [3.05, 3.63) is 23.3 Å². The van der Waals surface area contributed by atoms with E-state index in [-0.39, 0.29) is 5.75 Å². The summed E-state index contributed by atoms with van der Waals surface area (Å²) >= 11 is 0. The second kappa shape index (κ2) is 4.00. The molecule has 0 spiro atoms. The van der Waals surface area contributed by atoms with Crippen LogP contribution in [0.4, 0.5) is 0 Å². The Morgan fingerprint density at radius 2 is 2.07 bits per heavy atom. The summed E-state index contributed by atoms with van der Waals surface area (Å²) in [7, 11) is 1.47. The van der Waals surface area contributed by atoms with Crippen LogP contribution in [0.25, 0.3) is 0 Å². The highest BCUT2D eigenvalue weighted by Gasteiger charge is 2.09. The molecule has 0 saturated heterocycles. The molecule has 0 fully saturated rings. The Labute approximate surface area is 82.4 Å². The highest BCUT2D eigenvalue weighted by Crippen LogP contribution is 2.29. The van der Waals surface area contributed by atoms with E-state index in [1.165, 1.54) is 7.11 Å². The van der Waals surface area contributed by atoms with Gasteiger partial charge in [0.15, 0.2) is 11.5 Å². The highest BCUT2D eigenvalue weighted by molar-refractivity contribution is 6.00. The van der Waals surface area contributed by atoms with Crippen LogP contribution in [-0.2, 0) is 0 Å². The number of ether oxygens (including phenoxy) is 1. The number of rotatable bonds is 2. The molecule has 1 aromatic carbocycles. The van der Waals surface area contributed by atoms with Crippen LogP contribution in [0.5, 0.6) is 11.5 Å². The van der Waals surface area contributed by atoms with Gasteiger partial charge in [0.05, 0.1) is 12.8 Å². The zero-order chi connectivity index (χ0) is 10.7. The second-order valence-electron chi connectivity index (χ2n) is 3.02. The molecule has 0 aliphatic heterocycles. The SMILES string of the molecule is COc1cc(/C(C)=N/O)c(C)cc1O. The Bertz CT molecular complexity index is 372. The van der Waals surface area contributed by atoms with Crippen molar-refractivity contribution >= 4 is 5.71 Å². The van der Waals surface area contributed by atoms with Crippen molar-refractivity contribution in [3.8, 4) is 11.5 Å². The van der Waals surface area contributed by atoms with Gasteiger partial charge >= 0.3 is 0 Å². The number of oxime groups is 1. The van der Waals surface area contributed by atoms with E-state index in [9.17, 15) is 5.11 Å². The molecule has 1 aromatic rings. The smallest absolute Gasteiger partial charge is 0.161 e. The summed E-state index contributed by atoms with van der Waals surface area (Å²) in [5.41, 5.74) is 2.07. The first-order chi connectivity index (χ1) is 6.60. The van der Waals surface area contributed by atoms with Gasteiger partial charge in [0, 0.05) is 5.56 Å². The van der Waals surface area contributed by atoms with Gasteiger partial charge in [-0.1, -0.05) is 5.16 Å². The third-order valence-electron chi connectivity index (χ3n) is 2.07. The molecule has 14 heavy (non-hydrogen) atoms. The summed E-state index contributed by atoms with van der Waals surface area (Å²) in [5, 5.41) is 21.2. The van der Waals surface area contributed by atoms with Crippen LogP contribution in [0.3, 0.4) is 0 Å². The number of hydrogen-bond acceptors (Lipinski definition) is 4. The Morgan fingerprint density at radius 1 is 1.43 bits per heavy atom. The molecule has 0 heterocycles. The van der Waals surface area contributed by atoms with Crippen molar-refractivity contribution in [2.45, 2.75) is 13.8 Å². The van der Waals surface area contributed by atoms with E-state index >= 15 is 0 Å². The fourth-order valence-electron chi connectivity index (χ4n) is 1.28. The maximum atomic E-state index is 9.44. The van der Waals surface area contributed by atoms with Crippen LogP contribution in [-0.4, -0.2) is 23.1 Å². The lowest BCUT2D eigenvalue weighted by Crippen LogP contribution is -1.99. The molecular weight excluding hydrogens is 182 g/mol. The molecule has 0 unspecified atom stereocenters. The standard InChI is InChI=1S/C10H13NO3/c1-6-4-9(12)10(14-3)5-8(6)7(2)11-13/h4-5,12-13H,1-3H3/b11-7+. The lowest BCUT2D eigenvalue weighted by atomic mass is 10.0. The predicted molar refractivity (Wildman–Crippen MR) is 53.4 cm³/mol. The molecule has 2 N–H and O–H groups in total. The molecular formula is C10H13NO3. The summed E-state index contributed by atoms with van der Waals surface area (Å²) < 4.78 is 4.95. The topological polar surface area (TPSA) is 62.0 Å². The van der Waals surface area contributed by atoms with E-state index in [2.05, 4.69) is 5.16 Å². The maximum Gasteiger partial charge on any atom is 0.161 e. The van der Waals surface area contributed by atoms with Crippen LogP contribution >= 0.6 is 0 Å². The minimum absolute atomic E-state index is 0.0829. The number of aryl methyl sites for hydroxylation is 1. The average molecular weight is 195 g/mol. The second-order valence-corrected chi connectivity index (χ2v) is 3.02. The summed E-state index contributed by atoms with van der Waals surface area (Å²) in [6, 6.07) is 3.21. The van der Waals surface area contributed by atoms with Crippen molar-refractivity contribution in [1.82, 2.24) is 0 Å². The molecule has 4 nitrogen and oxygen atoms in total. The molecule has 1 rings (SSSR count). The molecule has 0 atom stereocenters. The van der Waals surface area contributed by atoms with Crippen LogP contribution in [0, 0.1) is 6.92 Å². The number of aromatic hydroxyl groups is 1. The van der Waals surface area contributed by atoms with Gasteiger partial charge in [0.1, 0.15) is 0 Å². The van der Waals surface area contributed by atoms with Gasteiger partial charge in [-0.15, -0.1) is 0 Å². The summed E-state index contributed by atoms with van der Waals surface area (Å²) in [4.78, 5) is 0. The maximum absolute atomic E-state index is 9.44. The summed E-state index contributed by atoms with van der Waals surface area (Å²) in [6.45, 7) is 3.50. The van der Waals surface area contributed by atoms with Crippen molar-refractivity contribution in [2.75, 3.05) is 7.11 Å². The van der Waals surface area contributed by atoms with E-state index in [0.717, 1.165) is 11.1 Å². The monoisotopic (exact) mass is 195 g/mol. The minimum Gasteiger partial charge on any atom is -0.504 e. The molecule has 0 saturated carbocycles. The quantitative estimate of drug-likeness (QED) is 0.430. The molecule has 0 aromatic heterocycles. The molecule has 0 radical (unpaired) electrons. The molecule has 76 valence electrons. The molecule has 0 aliphatic rings. The molecule has 0 bridgehead atoms. The van der Waals surface area contributed by atoms with Crippen molar-refractivity contribution in [2.24, 2.45) is 5.16 Å². The third-order valence-corrected chi connectivity index (χ3v) is 2.07. The molecule has 0 amide bonds. The zero-order valence-electron chi connectivity index (χ0n) is 8.40. The van der Waals surface area contributed by atoms with Crippen LogP contribution in [0.1, 0.15) is 18.1 Å². The number of benzene rings is 1. The molecule has 4 heteroatoms. The highest BCUT2D eigenvalue weighted by atomic mass is 16.5. The lowest BCUT2D eigenvalue weighted by Gasteiger charge is -2.08. The Hall–Kier alpha value is -1.71. The van der Waals surface area contributed by atoms with E-state index in [0.29, 0.717) is 11.5 Å². The van der Waals surface area contributed by atoms with E-state index in [1.807, 2.05) is 6.92 Å². The van der Waals surface area contributed by atoms with Gasteiger partial charge in [-0.2, -0.15) is 0 Å². The van der Waals surface area contributed by atoms with E-state index in [1.54, 1.807) is 19.1 Å². The van der Waals surface area contributed by atoms with Crippen molar-refractivity contribution in [3.63, 3.8) is 0 Å². The predicted octanol–water partition coefficient (Wildman–Crippen LogP) is 1.91. The van der Waals surface area contributed by atoms with Crippen LogP contribution in [0.2, 0.25) is 0 Å². The number of phenolic OH excluding ortho intramolecular Hbond substituents is 1. The van der Waals surface area contributed by atoms with Gasteiger partial charge < -0.3 is 15.1 Å². The Kier molecular flexibility index (Phi) is 2.96. The minimum atomic E-state index is 0.0829. The average Bonchev–Trinajstić information content (AvgIpc) is 2.17. The van der Waals surface area contributed by atoms with Crippen LogP contribution < -0.4 is 4.74 Å². The van der Waals surface area contributed by atoms with E-state index < -0.39 is 0 Å². The Morgan fingerprint density at radius 3 is 2.57 bits per heavy atom. The van der Waals surface area contributed by atoms with Gasteiger partial charge in [-0.25, -0.2) is 0 Å². The summed E-state index contributed by atoms with van der Waals surface area (Å²) in [6.07, 6.45) is 0. The first-order valence-electron chi connectivity index (χ1n) is 4.16. The van der Waals surface area contributed by atoms with Crippen molar-refractivity contribution in [1.29, 1.82) is 0 Å². The number of methoxy groups -OCH3 is 1. The number of nitrogens with zero attached hydrogens (tertiary/aromatic N) is 1. The fraction of sp³-hybridized carbons (Fsp3) is 0.300. The van der Waals surface area contributed by atoms with Gasteiger partial charge in [0.2, 0.25) is 0 Å². The number of hydrogen-bond donors (Lipinski definition) is 2. The van der Waals surface area contributed by atoms with E-state index in [4.69, 9.17) is 9.94 Å². The fourth-order valence-corrected chi connectivity index (χ4v) is 1.28. The summed E-state index contributed by atoms with van der Waals surface area (Å²) in [5.74, 6) is 0.452. The zero-order valence-corrected chi connectivity index (χ0v) is 8.40. The Balaban J connectivity index is 3.31.